The summed E-state index contributed by atoms with van der Waals surface area (Å²) in [4.78, 5) is 12.2. The molecule has 0 radical (unpaired) electrons. The van der Waals surface area contributed by atoms with Gasteiger partial charge in [0.1, 0.15) is 5.75 Å². The summed E-state index contributed by atoms with van der Waals surface area (Å²) in [5, 5.41) is 7.95. The second-order valence-corrected chi connectivity index (χ2v) is 6.99. The molecular formula is C17H20N2O4S. The molecule has 0 heterocycles. The number of amides is 1. The Morgan fingerprint density at radius 2 is 1.88 bits per heavy atom. The first kappa shape index (κ1) is 18.0. The number of ether oxygens (including phenoxy) is 1. The molecule has 0 aliphatic heterocycles. The van der Waals surface area contributed by atoms with Gasteiger partial charge in [0.2, 0.25) is 15.9 Å². The average molecular weight is 348 g/mol. The lowest BCUT2D eigenvalue weighted by Gasteiger charge is -2.15. The molecule has 0 fully saturated rings. The van der Waals surface area contributed by atoms with Crippen LogP contribution in [0.4, 0.5) is 0 Å². The van der Waals surface area contributed by atoms with E-state index in [1.165, 1.54) is 12.1 Å². The highest BCUT2D eigenvalue weighted by Gasteiger charge is 2.12. The van der Waals surface area contributed by atoms with E-state index in [2.05, 4.69) is 5.32 Å². The Kier molecular flexibility index (Phi) is 5.58. The summed E-state index contributed by atoms with van der Waals surface area (Å²) in [5.74, 6) is 0.568. The zero-order valence-electron chi connectivity index (χ0n) is 13.5. The Labute approximate surface area is 141 Å². The van der Waals surface area contributed by atoms with Crippen LogP contribution in [0.25, 0.3) is 0 Å². The maximum Gasteiger partial charge on any atom is 0.238 e. The molecule has 3 N–H and O–H groups in total. The number of primary sulfonamides is 1. The van der Waals surface area contributed by atoms with Crippen molar-refractivity contribution < 1.29 is 17.9 Å². The highest BCUT2D eigenvalue weighted by molar-refractivity contribution is 7.89. The van der Waals surface area contributed by atoms with Crippen LogP contribution in [0.2, 0.25) is 0 Å². The van der Waals surface area contributed by atoms with Gasteiger partial charge in [-0.2, -0.15) is 0 Å². The molecule has 0 aliphatic rings. The quantitative estimate of drug-likeness (QED) is 0.831. The van der Waals surface area contributed by atoms with Gasteiger partial charge in [-0.15, -0.1) is 0 Å². The normalized spacial score (nSPS) is 12.5. The van der Waals surface area contributed by atoms with Gasteiger partial charge in [-0.25, -0.2) is 13.6 Å². The van der Waals surface area contributed by atoms with Gasteiger partial charge in [-0.3, -0.25) is 4.79 Å². The number of carbonyl (C=O) groups is 1. The maximum atomic E-state index is 12.2. The number of rotatable bonds is 6. The summed E-state index contributed by atoms with van der Waals surface area (Å²) < 4.78 is 27.6. The van der Waals surface area contributed by atoms with Crippen LogP contribution in [0.5, 0.6) is 5.75 Å². The molecule has 0 aromatic heterocycles. The van der Waals surface area contributed by atoms with Crippen molar-refractivity contribution in [2.24, 2.45) is 5.14 Å². The van der Waals surface area contributed by atoms with Gasteiger partial charge in [-0.05, 0) is 42.3 Å². The van der Waals surface area contributed by atoms with E-state index in [1.807, 2.05) is 31.2 Å². The Morgan fingerprint density at radius 3 is 2.46 bits per heavy atom. The van der Waals surface area contributed by atoms with Crippen LogP contribution in [0.15, 0.2) is 53.4 Å². The van der Waals surface area contributed by atoms with Crippen LogP contribution in [0.3, 0.4) is 0 Å². The van der Waals surface area contributed by atoms with Crippen molar-refractivity contribution in [2.75, 3.05) is 7.11 Å². The largest absolute Gasteiger partial charge is 0.497 e. The molecule has 2 aromatic rings. The number of hydrogen-bond acceptors (Lipinski definition) is 4. The summed E-state index contributed by atoms with van der Waals surface area (Å²) in [6.45, 7) is 1.83. The molecule has 0 spiro atoms. The third-order valence-corrected chi connectivity index (χ3v) is 4.51. The van der Waals surface area contributed by atoms with Crippen LogP contribution < -0.4 is 15.2 Å². The first-order valence-electron chi connectivity index (χ1n) is 7.34. The van der Waals surface area contributed by atoms with Crippen LogP contribution in [-0.2, 0) is 21.2 Å². The van der Waals surface area contributed by atoms with Crippen molar-refractivity contribution in [3.63, 3.8) is 0 Å². The van der Waals surface area contributed by atoms with Crippen molar-refractivity contribution in [3.05, 3.63) is 59.7 Å². The van der Waals surface area contributed by atoms with Crippen LogP contribution in [0.1, 0.15) is 24.1 Å². The summed E-state index contributed by atoms with van der Waals surface area (Å²) >= 11 is 0. The Bertz CT molecular complexity index is 817. The number of hydrogen-bond donors (Lipinski definition) is 2. The fraction of sp³-hybridized carbons (Fsp3) is 0.235. The zero-order chi connectivity index (χ0) is 17.7. The molecule has 1 atom stereocenters. The zero-order valence-corrected chi connectivity index (χ0v) is 14.3. The van der Waals surface area contributed by atoms with E-state index in [0.717, 1.165) is 11.1 Å². The Morgan fingerprint density at radius 1 is 1.21 bits per heavy atom. The van der Waals surface area contributed by atoms with E-state index in [1.54, 1.807) is 19.2 Å². The summed E-state index contributed by atoms with van der Waals surface area (Å²) in [6.07, 6.45) is 0.233. The lowest BCUT2D eigenvalue weighted by atomic mass is 10.1. The highest BCUT2D eigenvalue weighted by atomic mass is 32.2. The predicted octanol–water partition coefficient (Wildman–Crippen LogP) is 1.76. The number of carbonyl (C=O) groups excluding carboxylic acids is 1. The lowest BCUT2D eigenvalue weighted by molar-refractivity contribution is -0.121. The van der Waals surface area contributed by atoms with Gasteiger partial charge in [0.15, 0.2) is 0 Å². The SMILES string of the molecule is COc1cccc(CC(=O)NC(C)c2ccc(S(N)(=O)=O)cc2)c1. The van der Waals surface area contributed by atoms with E-state index < -0.39 is 10.0 Å². The smallest absolute Gasteiger partial charge is 0.238 e. The molecule has 128 valence electrons. The molecule has 0 bridgehead atoms. The Balaban J connectivity index is 2.00. The first-order valence-corrected chi connectivity index (χ1v) is 8.89. The van der Waals surface area contributed by atoms with Crippen LogP contribution in [0, 0.1) is 0 Å². The van der Waals surface area contributed by atoms with Gasteiger partial charge in [0.25, 0.3) is 0 Å². The number of benzene rings is 2. The molecule has 0 saturated carbocycles. The van der Waals surface area contributed by atoms with Gasteiger partial charge in [-0.1, -0.05) is 24.3 Å². The summed E-state index contributed by atoms with van der Waals surface area (Å²) in [5.41, 5.74) is 1.64. The molecule has 1 unspecified atom stereocenters. The second kappa shape index (κ2) is 7.46. The van der Waals surface area contributed by atoms with E-state index in [0.29, 0.717) is 5.75 Å². The first-order chi connectivity index (χ1) is 11.3. The fourth-order valence-electron chi connectivity index (χ4n) is 2.29. The molecular weight excluding hydrogens is 328 g/mol. The molecule has 6 nitrogen and oxygen atoms in total. The third-order valence-electron chi connectivity index (χ3n) is 3.58. The standard InChI is InChI=1S/C17H20N2O4S/c1-12(14-6-8-16(9-7-14)24(18,21)22)19-17(20)11-13-4-3-5-15(10-13)23-2/h3-10,12H,11H2,1-2H3,(H,19,20)(H2,18,21,22). The van der Waals surface area contributed by atoms with Crippen molar-refractivity contribution >= 4 is 15.9 Å². The Hall–Kier alpha value is -2.38. The molecule has 0 aliphatic carbocycles. The second-order valence-electron chi connectivity index (χ2n) is 5.43. The molecule has 1 amide bonds. The predicted molar refractivity (Wildman–Crippen MR) is 91.1 cm³/mol. The van der Waals surface area contributed by atoms with Crippen LogP contribution >= 0.6 is 0 Å². The average Bonchev–Trinajstić information content (AvgIpc) is 2.54. The topological polar surface area (TPSA) is 98.5 Å². The van der Waals surface area contributed by atoms with Gasteiger partial charge in [0.05, 0.1) is 24.5 Å². The minimum absolute atomic E-state index is 0.0427. The van der Waals surface area contributed by atoms with E-state index in [9.17, 15) is 13.2 Å². The molecule has 2 aromatic carbocycles. The highest BCUT2D eigenvalue weighted by Crippen LogP contribution is 2.17. The van der Waals surface area contributed by atoms with Gasteiger partial charge >= 0.3 is 0 Å². The van der Waals surface area contributed by atoms with Gasteiger partial charge < -0.3 is 10.1 Å². The third kappa shape index (κ3) is 4.81. The van der Waals surface area contributed by atoms with Gasteiger partial charge in [0, 0.05) is 0 Å². The summed E-state index contributed by atoms with van der Waals surface area (Å²) in [7, 11) is -2.14. The molecule has 24 heavy (non-hydrogen) atoms. The van der Waals surface area contributed by atoms with E-state index in [-0.39, 0.29) is 23.3 Å². The molecule has 7 heteroatoms. The maximum absolute atomic E-state index is 12.2. The minimum atomic E-state index is -3.71. The van der Waals surface area contributed by atoms with Crippen molar-refractivity contribution in [1.82, 2.24) is 5.32 Å². The van der Waals surface area contributed by atoms with Crippen molar-refractivity contribution in [1.29, 1.82) is 0 Å². The monoisotopic (exact) mass is 348 g/mol. The summed E-state index contributed by atoms with van der Waals surface area (Å²) in [6, 6.07) is 13.2. The number of nitrogens with one attached hydrogen (secondary N) is 1. The van der Waals surface area contributed by atoms with E-state index >= 15 is 0 Å². The molecule has 2 rings (SSSR count). The number of methoxy groups -OCH3 is 1. The number of nitrogens with two attached hydrogens (primary N) is 1. The minimum Gasteiger partial charge on any atom is -0.497 e. The van der Waals surface area contributed by atoms with Crippen molar-refractivity contribution in [2.45, 2.75) is 24.3 Å². The van der Waals surface area contributed by atoms with Crippen LogP contribution in [-0.4, -0.2) is 21.4 Å². The van der Waals surface area contributed by atoms with Crippen molar-refractivity contribution in [3.8, 4) is 5.75 Å². The fourth-order valence-corrected chi connectivity index (χ4v) is 2.81. The molecule has 0 saturated heterocycles. The van der Waals surface area contributed by atoms with E-state index in [4.69, 9.17) is 9.88 Å². The lowest BCUT2D eigenvalue weighted by Crippen LogP contribution is -2.28. The number of sulfonamides is 1.